The first-order chi connectivity index (χ1) is 22.4. The van der Waals surface area contributed by atoms with Gasteiger partial charge in [-0.1, -0.05) is 79.2 Å². The molecule has 3 atom stereocenters. The Hall–Kier alpha value is -5.22. The van der Waals surface area contributed by atoms with Gasteiger partial charge in [0.05, 0.1) is 22.5 Å². The van der Waals surface area contributed by atoms with Gasteiger partial charge in [0.1, 0.15) is 16.7 Å². The fourth-order valence-electron chi connectivity index (χ4n) is 10.4. The third-order valence-corrected chi connectivity index (χ3v) is 11.9. The Morgan fingerprint density at radius 2 is 1.36 bits per heavy atom. The molecule has 8 aromatic rings. The number of hydrogen-bond donors (Lipinski definition) is 0. The van der Waals surface area contributed by atoms with Crippen LogP contribution in [0.2, 0.25) is 0 Å². The Morgan fingerprint density at radius 3 is 2.20 bits per heavy atom. The maximum atomic E-state index is 2.81. The van der Waals surface area contributed by atoms with Crippen LogP contribution in [0.25, 0.3) is 66.5 Å². The lowest BCUT2D eigenvalue weighted by atomic mass is 9.67. The largest absolute Gasteiger partial charge is 0.300 e. The highest BCUT2D eigenvalue weighted by molar-refractivity contribution is 6.09. The number of aromatic nitrogens is 4. The van der Waals surface area contributed by atoms with Crippen molar-refractivity contribution in [2.24, 2.45) is 11.8 Å². The van der Waals surface area contributed by atoms with Crippen molar-refractivity contribution in [1.29, 1.82) is 0 Å². The second kappa shape index (κ2) is 7.70. The Kier molecular flexibility index (Phi) is 3.97. The summed E-state index contributed by atoms with van der Waals surface area (Å²) in [5.41, 5.74) is 11.8. The van der Waals surface area contributed by atoms with E-state index >= 15 is 0 Å². The number of fused-ring (bicyclic) bond motifs is 9. The van der Waals surface area contributed by atoms with E-state index in [1.807, 2.05) is 0 Å². The summed E-state index contributed by atoms with van der Waals surface area (Å²) in [5, 5.41) is 5.31. The van der Waals surface area contributed by atoms with Gasteiger partial charge in [-0.25, -0.2) is 4.57 Å². The SMILES string of the molecule is c1ccc(-c2ccc3c4c2-n2c5ccccc5c5ccc6[n+](c52)C4(C2CCCC2C3)[n+]2cccc3c4ccccc4n-6c32)cc1. The van der Waals surface area contributed by atoms with E-state index in [0.717, 1.165) is 6.42 Å². The molecular formula is C41H30N4+2. The number of para-hydroxylation sites is 2. The average Bonchev–Trinajstić information content (AvgIpc) is 3.80. The molecule has 4 heteroatoms. The molecule has 212 valence electrons. The van der Waals surface area contributed by atoms with Gasteiger partial charge in [-0.3, -0.25) is 0 Å². The minimum atomic E-state index is -0.363. The summed E-state index contributed by atoms with van der Waals surface area (Å²) in [6.07, 6.45) is 7.40. The van der Waals surface area contributed by atoms with Gasteiger partial charge in [-0.2, -0.15) is 13.7 Å². The fraction of sp³-hybridized carbons (Fsp3) is 0.171. The first-order valence-corrected chi connectivity index (χ1v) is 16.5. The predicted molar refractivity (Wildman–Crippen MR) is 178 cm³/mol. The smallest absolute Gasteiger partial charge is 0.224 e. The summed E-state index contributed by atoms with van der Waals surface area (Å²) in [7, 11) is 0. The number of rotatable bonds is 1. The standard InChI is InChI=1S/C41H30N4/c1-2-10-25(11-3-1)28-20-19-27-24-26-12-8-16-33(26)41-37(27)38(28)44-35-18-7-5-14-30(35)32-21-22-36(45(41)40(32)44)43-34-17-6-4-13-29(34)31-15-9-23-42(41)39(31)43/h1-7,9-11,13-15,17-23,26,33H,8,12,16,24H2/q+2. The molecule has 4 aromatic carbocycles. The van der Waals surface area contributed by atoms with Crippen LogP contribution in [0.15, 0.2) is 121 Å². The van der Waals surface area contributed by atoms with Gasteiger partial charge < -0.3 is 0 Å². The van der Waals surface area contributed by atoms with Crippen molar-refractivity contribution in [3.8, 4) is 22.6 Å². The number of benzene rings is 4. The van der Waals surface area contributed by atoms with E-state index in [0.29, 0.717) is 11.8 Å². The van der Waals surface area contributed by atoms with Crippen molar-refractivity contribution in [1.82, 2.24) is 9.13 Å². The highest BCUT2D eigenvalue weighted by Gasteiger charge is 2.66. The molecule has 12 rings (SSSR count). The van der Waals surface area contributed by atoms with E-state index in [1.165, 1.54) is 96.9 Å². The van der Waals surface area contributed by atoms with Crippen LogP contribution in [0.5, 0.6) is 0 Å². The molecule has 6 heterocycles. The van der Waals surface area contributed by atoms with Crippen LogP contribution < -0.4 is 9.13 Å². The molecule has 0 radical (unpaired) electrons. The van der Waals surface area contributed by atoms with Crippen LogP contribution >= 0.6 is 0 Å². The Labute approximate surface area is 260 Å². The summed E-state index contributed by atoms with van der Waals surface area (Å²) in [5.74, 6) is 2.43. The Bertz CT molecular complexity index is 2620. The molecule has 4 aliphatic rings. The summed E-state index contributed by atoms with van der Waals surface area (Å²) >= 11 is 0. The number of nitrogens with zero attached hydrogens (tertiary/aromatic N) is 4. The lowest BCUT2D eigenvalue weighted by molar-refractivity contribution is -0.977. The topological polar surface area (TPSA) is 17.6 Å². The first kappa shape index (κ1) is 23.2. The van der Waals surface area contributed by atoms with Crippen molar-refractivity contribution in [3.05, 3.63) is 133 Å². The maximum Gasteiger partial charge on any atom is 0.300 e. The normalized spacial score (nSPS) is 22.0. The quantitative estimate of drug-likeness (QED) is 0.176. The highest BCUT2D eigenvalue weighted by Crippen LogP contribution is 2.56. The summed E-state index contributed by atoms with van der Waals surface area (Å²) in [4.78, 5) is 0. The van der Waals surface area contributed by atoms with Crippen LogP contribution in [0.4, 0.5) is 0 Å². The maximum absolute atomic E-state index is 2.81. The molecule has 45 heavy (non-hydrogen) atoms. The van der Waals surface area contributed by atoms with E-state index < -0.39 is 0 Å². The van der Waals surface area contributed by atoms with Crippen molar-refractivity contribution in [3.63, 3.8) is 0 Å². The molecular weight excluding hydrogens is 548 g/mol. The zero-order valence-corrected chi connectivity index (χ0v) is 24.8. The van der Waals surface area contributed by atoms with E-state index in [9.17, 15) is 0 Å². The summed E-state index contributed by atoms with van der Waals surface area (Å²) in [6, 6.07) is 43.5. The fourth-order valence-corrected chi connectivity index (χ4v) is 10.4. The van der Waals surface area contributed by atoms with Crippen molar-refractivity contribution in [2.75, 3.05) is 0 Å². The van der Waals surface area contributed by atoms with Crippen LogP contribution in [0.3, 0.4) is 0 Å². The van der Waals surface area contributed by atoms with Crippen LogP contribution in [-0.4, -0.2) is 9.13 Å². The molecule has 1 spiro atoms. The summed E-state index contributed by atoms with van der Waals surface area (Å²) in [6.45, 7) is 0. The first-order valence-electron chi connectivity index (χ1n) is 16.5. The minimum Gasteiger partial charge on any atom is -0.224 e. The monoisotopic (exact) mass is 578 g/mol. The van der Waals surface area contributed by atoms with Gasteiger partial charge in [0.25, 0.3) is 11.5 Å². The second-order valence-electron chi connectivity index (χ2n) is 13.7. The van der Waals surface area contributed by atoms with Gasteiger partial charge >= 0.3 is 5.65 Å². The summed E-state index contributed by atoms with van der Waals surface area (Å²) < 4.78 is 10.7. The predicted octanol–water partition coefficient (Wildman–Crippen LogP) is 7.97. The highest BCUT2D eigenvalue weighted by atomic mass is 15.4. The van der Waals surface area contributed by atoms with Crippen LogP contribution in [-0.2, 0) is 12.1 Å². The molecule has 3 unspecified atom stereocenters. The molecule has 1 fully saturated rings. The number of pyridine rings is 2. The molecule has 4 aromatic heterocycles. The van der Waals surface area contributed by atoms with Gasteiger partial charge in [-0.15, -0.1) is 0 Å². The van der Waals surface area contributed by atoms with Gasteiger partial charge in [0, 0.05) is 28.3 Å². The molecule has 4 nitrogen and oxygen atoms in total. The second-order valence-corrected chi connectivity index (χ2v) is 13.7. The molecule has 0 amide bonds. The Morgan fingerprint density at radius 1 is 0.622 bits per heavy atom. The Balaban J connectivity index is 1.42. The van der Waals surface area contributed by atoms with Crippen LogP contribution in [0, 0.1) is 11.8 Å². The zero-order chi connectivity index (χ0) is 29.0. The van der Waals surface area contributed by atoms with Crippen molar-refractivity contribution < 1.29 is 9.13 Å². The molecule has 1 saturated carbocycles. The lowest BCUT2D eigenvalue weighted by Crippen LogP contribution is -2.83. The molecule has 2 aliphatic heterocycles. The minimum absolute atomic E-state index is 0.363. The van der Waals surface area contributed by atoms with Gasteiger partial charge in [0.15, 0.2) is 0 Å². The molecule has 0 saturated heterocycles. The van der Waals surface area contributed by atoms with Gasteiger partial charge in [0.2, 0.25) is 5.65 Å². The average molecular weight is 579 g/mol. The van der Waals surface area contributed by atoms with E-state index in [1.54, 1.807) is 0 Å². The van der Waals surface area contributed by atoms with Crippen molar-refractivity contribution >= 4 is 43.9 Å². The van der Waals surface area contributed by atoms with Gasteiger partial charge in [-0.05, 0) is 72.7 Å². The third-order valence-electron chi connectivity index (χ3n) is 11.9. The number of hydrogen-bond acceptors (Lipinski definition) is 0. The molecule has 0 N–H and O–H groups in total. The van der Waals surface area contributed by atoms with Crippen LogP contribution in [0.1, 0.15) is 30.4 Å². The lowest BCUT2D eigenvalue weighted by Gasteiger charge is -2.48. The third kappa shape index (κ3) is 2.43. The molecule has 2 aliphatic carbocycles. The molecule has 0 bridgehead atoms. The van der Waals surface area contributed by atoms with E-state index in [-0.39, 0.29) is 5.66 Å². The van der Waals surface area contributed by atoms with Crippen molar-refractivity contribution in [2.45, 2.75) is 31.3 Å². The van der Waals surface area contributed by atoms with E-state index in [2.05, 4.69) is 140 Å². The van der Waals surface area contributed by atoms with E-state index in [4.69, 9.17) is 0 Å². The zero-order valence-electron chi connectivity index (χ0n) is 24.8.